The Labute approximate surface area is 190 Å². The van der Waals surface area contributed by atoms with Crippen LogP contribution in [0.2, 0.25) is 0 Å². The Morgan fingerprint density at radius 2 is 1.81 bits per heavy atom. The number of hydrogen-bond donors (Lipinski definition) is 1. The van der Waals surface area contributed by atoms with Gasteiger partial charge in [0.25, 0.3) is 0 Å². The van der Waals surface area contributed by atoms with Crippen LogP contribution in [0.3, 0.4) is 0 Å². The van der Waals surface area contributed by atoms with E-state index in [0.29, 0.717) is 6.42 Å². The molecule has 2 heterocycles. The van der Waals surface area contributed by atoms with Crippen LogP contribution >= 0.6 is 23.5 Å². The fourth-order valence-corrected chi connectivity index (χ4v) is 10.8. The lowest BCUT2D eigenvalue weighted by molar-refractivity contribution is -0.202. The molecule has 0 radical (unpaired) electrons. The molecule has 1 spiro atoms. The SMILES string of the molecule is CC(=O)OC1C(=O)OC2SC3(SC21)C1CC2CC3CC(OC(=O)C(F)(F)S(=O)(=O)O)(C2)C1. The summed E-state index contributed by atoms with van der Waals surface area (Å²) in [4.78, 5) is 35.6. The molecule has 178 valence electrons. The van der Waals surface area contributed by atoms with Crippen molar-refractivity contribution in [1.29, 1.82) is 0 Å². The molecule has 0 aromatic rings. The van der Waals surface area contributed by atoms with Crippen molar-refractivity contribution >= 4 is 51.5 Å². The van der Waals surface area contributed by atoms with E-state index in [1.165, 1.54) is 30.4 Å². The molecule has 4 bridgehead atoms. The molecule has 5 unspecified atom stereocenters. The molecule has 4 aliphatic carbocycles. The predicted octanol–water partition coefficient (Wildman–Crippen LogP) is 1.95. The molecular weight excluding hydrogens is 494 g/mol. The number of carbonyl (C=O) groups is 3. The van der Waals surface area contributed by atoms with E-state index in [9.17, 15) is 31.6 Å². The van der Waals surface area contributed by atoms with E-state index in [-0.39, 0.29) is 30.6 Å². The highest BCUT2D eigenvalue weighted by molar-refractivity contribution is 8.22. The first-order valence-electron chi connectivity index (χ1n) is 10.1. The smallest absolute Gasteiger partial charge is 0.454 e. The van der Waals surface area contributed by atoms with Crippen LogP contribution in [-0.4, -0.2) is 62.6 Å². The lowest BCUT2D eigenvalue weighted by Gasteiger charge is -2.63. The third kappa shape index (κ3) is 3.19. The minimum atomic E-state index is -5.95. The highest BCUT2D eigenvalue weighted by Gasteiger charge is 2.71. The van der Waals surface area contributed by atoms with Gasteiger partial charge in [-0.2, -0.15) is 17.2 Å². The minimum absolute atomic E-state index is 0.0572. The zero-order valence-electron chi connectivity index (χ0n) is 16.7. The Morgan fingerprint density at radius 3 is 2.38 bits per heavy atom. The van der Waals surface area contributed by atoms with Crippen LogP contribution in [0.1, 0.15) is 39.0 Å². The number of alkyl halides is 2. The van der Waals surface area contributed by atoms with Gasteiger partial charge in [-0.15, -0.1) is 11.8 Å². The van der Waals surface area contributed by atoms with Gasteiger partial charge in [0.05, 0.1) is 4.08 Å². The fraction of sp³-hybridized carbons (Fsp3) is 0.833. The van der Waals surface area contributed by atoms with E-state index >= 15 is 0 Å². The Balaban J connectivity index is 1.38. The number of carbonyl (C=O) groups excluding carboxylic acids is 3. The van der Waals surface area contributed by atoms with Crippen LogP contribution in [0.4, 0.5) is 8.78 Å². The summed E-state index contributed by atoms with van der Waals surface area (Å²) in [6.07, 6.45) is 1.42. The summed E-state index contributed by atoms with van der Waals surface area (Å²) in [5, 5.41) is -5.43. The number of rotatable bonds is 4. The topological polar surface area (TPSA) is 133 Å². The van der Waals surface area contributed by atoms with Crippen LogP contribution in [0.15, 0.2) is 0 Å². The van der Waals surface area contributed by atoms with Gasteiger partial charge in [-0.1, -0.05) is 11.8 Å². The zero-order valence-corrected chi connectivity index (χ0v) is 19.1. The second-order valence-electron chi connectivity index (χ2n) is 9.17. The van der Waals surface area contributed by atoms with Gasteiger partial charge < -0.3 is 14.2 Å². The maximum Gasteiger partial charge on any atom is 0.465 e. The number of thioether (sulfide) groups is 2. The van der Waals surface area contributed by atoms with E-state index in [2.05, 4.69) is 0 Å². The van der Waals surface area contributed by atoms with Crippen LogP contribution in [0.25, 0.3) is 0 Å². The average molecular weight is 515 g/mol. The van der Waals surface area contributed by atoms with Crippen LogP contribution in [0.5, 0.6) is 0 Å². The normalized spacial score (nSPS) is 44.4. The van der Waals surface area contributed by atoms with Gasteiger partial charge in [0.15, 0.2) is 5.44 Å². The van der Waals surface area contributed by atoms with Gasteiger partial charge in [-0.05, 0) is 49.9 Å². The van der Waals surface area contributed by atoms with Crippen molar-refractivity contribution in [2.24, 2.45) is 17.8 Å². The molecule has 32 heavy (non-hydrogen) atoms. The predicted molar refractivity (Wildman–Crippen MR) is 106 cm³/mol. The molecule has 2 aliphatic heterocycles. The number of halogens is 2. The molecular formula is C18H20F2O9S3. The van der Waals surface area contributed by atoms with Crippen molar-refractivity contribution in [2.75, 3.05) is 0 Å². The number of esters is 3. The molecule has 14 heteroatoms. The molecule has 6 fully saturated rings. The van der Waals surface area contributed by atoms with E-state index in [0.717, 1.165) is 12.8 Å². The highest BCUT2D eigenvalue weighted by Crippen LogP contribution is 2.74. The van der Waals surface area contributed by atoms with E-state index in [1.54, 1.807) is 0 Å². The summed E-state index contributed by atoms with van der Waals surface area (Å²) >= 11 is 3.00. The Morgan fingerprint density at radius 1 is 1.19 bits per heavy atom. The molecule has 6 rings (SSSR count). The van der Waals surface area contributed by atoms with Crippen molar-refractivity contribution in [3.63, 3.8) is 0 Å². The standard InChI is InChI=1S/C18H20F2O9S3/c1-7(21)27-11-12-14(28-13(11)22)31-17(30-12)9-2-8-3-10(17)6-16(4-8,5-9)29-15(23)18(19,20)32(24,25)26/h8-12,14H,2-6H2,1H3,(H,24,25,26). The summed E-state index contributed by atoms with van der Waals surface area (Å²) in [5.41, 5.74) is -1.73. The van der Waals surface area contributed by atoms with Gasteiger partial charge in [0.1, 0.15) is 10.9 Å². The van der Waals surface area contributed by atoms with Crippen molar-refractivity contribution in [1.82, 2.24) is 0 Å². The van der Waals surface area contributed by atoms with Crippen LogP contribution in [-0.2, 0) is 38.7 Å². The monoisotopic (exact) mass is 514 g/mol. The molecule has 6 aliphatic rings. The van der Waals surface area contributed by atoms with Gasteiger partial charge in [-0.3, -0.25) is 9.35 Å². The summed E-state index contributed by atoms with van der Waals surface area (Å²) in [6, 6.07) is 0. The summed E-state index contributed by atoms with van der Waals surface area (Å²) in [7, 11) is -5.95. The second kappa shape index (κ2) is 6.95. The van der Waals surface area contributed by atoms with Gasteiger partial charge >= 0.3 is 33.3 Å². The maximum atomic E-state index is 13.8. The van der Waals surface area contributed by atoms with Crippen molar-refractivity contribution in [2.45, 2.75) is 70.8 Å². The molecule has 0 aromatic carbocycles. The minimum Gasteiger partial charge on any atom is -0.454 e. The van der Waals surface area contributed by atoms with Gasteiger partial charge in [-0.25, -0.2) is 9.59 Å². The molecule has 1 N–H and O–H groups in total. The van der Waals surface area contributed by atoms with E-state index in [1.807, 2.05) is 0 Å². The molecule has 0 amide bonds. The van der Waals surface area contributed by atoms with Gasteiger partial charge in [0.2, 0.25) is 6.10 Å². The largest absolute Gasteiger partial charge is 0.465 e. The summed E-state index contributed by atoms with van der Waals surface area (Å²) in [6.45, 7) is 1.21. The Kier molecular flexibility index (Phi) is 4.92. The lowest BCUT2D eigenvalue weighted by atomic mass is 9.53. The first-order chi connectivity index (χ1) is 14.8. The van der Waals surface area contributed by atoms with Crippen LogP contribution < -0.4 is 0 Å². The molecule has 4 saturated carbocycles. The molecule has 5 atom stereocenters. The van der Waals surface area contributed by atoms with Crippen molar-refractivity contribution in [3.8, 4) is 0 Å². The fourth-order valence-electron chi connectivity index (χ4n) is 6.18. The average Bonchev–Trinajstić information content (AvgIpc) is 3.14. The highest BCUT2D eigenvalue weighted by atomic mass is 32.2. The molecule has 2 saturated heterocycles. The van der Waals surface area contributed by atoms with E-state index in [4.69, 9.17) is 18.8 Å². The first-order valence-corrected chi connectivity index (χ1v) is 13.3. The second-order valence-corrected chi connectivity index (χ2v) is 13.7. The summed E-state index contributed by atoms with van der Waals surface area (Å²) < 4.78 is 73.7. The maximum absolute atomic E-state index is 13.8. The summed E-state index contributed by atoms with van der Waals surface area (Å²) in [5.74, 6) is -3.43. The van der Waals surface area contributed by atoms with Gasteiger partial charge in [0, 0.05) is 6.92 Å². The van der Waals surface area contributed by atoms with Crippen molar-refractivity contribution in [3.05, 3.63) is 0 Å². The third-order valence-corrected chi connectivity index (χ3v) is 12.1. The zero-order chi connectivity index (χ0) is 23.3. The Hall–Kier alpha value is -1.12. The number of hydrogen-bond acceptors (Lipinski definition) is 10. The third-order valence-electron chi connectivity index (χ3n) is 7.09. The van der Waals surface area contributed by atoms with Crippen LogP contribution in [0, 0.1) is 17.8 Å². The van der Waals surface area contributed by atoms with E-state index < -0.39 is 59.8 Å². The first kappa shape index (κ1) is 22.7. The number of fused-ring (bicyclic) bond motifs is 1. The molecule has 0 aromatic heterocycles. The Bertz CT molecular complexity index is 984. The van der Waals surface area contributed by atoms with Crippen molar-refractivity contribution < 1.29 is 50.3 Å². The lowest BCUT2D eigenvalue weighted by Crippen LogP contribution is -2.62. The number of ether oxygens (including phenoxy) is 3. The quantitative estimate of drug-likeness (QED) is 0.335. The molecule has 9 nitrogen and oxygen atoms in total.